The van der Waals surface area contributed by atoms with E-state index in [2.05, 4.69) is 40.8 Å². The highest BCUT2D eigenvalue weighted by atomic mass is 35.5. The van der Waals surface area contributed by atoms with E-state index in [1.807, 2.05) is 12.1 Å². The standard InChI is InChI=1S/C18H21ClN2/c1-18-9-4-10-21(18)12-8-17-15(18)7-11-20(17)13-14-5-2-3-6-16(14)19/h2-3,5-7,11H,4,8-10,12-13H2,1H3. The smallest absolute Gasteiger partial charge is 0.0487 e. The second kappa shape index (κ2) is 4.89. The Hall–Kier alpha value is -1.25. The maximum atomic E-state index is 6.32. The van der Waals surface area contributed by atoms with Crippen LogP contribution in [0.1, 0.15) is 36.6 Å². The van der Waals surface area contributed by atoms with Crippen LogP contribution in [0, 0.1) is 0 Å². The van der Waals surface area contributed by atoms with E-state index in [1.54, 1.807) is 5.56 Å². The van der Waals surface area contributed by atoms with Crippen molar-refractivity contribution < 1.29 is 0 Å². The van der Waals surface area contributed by atoms with Gasteiger partial charge < -0.3 is 4.57 Å². The summed E-state index contributed by atoms with van der Waals surface area (Å²) in [5.74, 6) is 0. The van der Waals surface area contributed by atoms with E-state index in [0.717, 1.165) is 18.0 Å². The van der Waals surface area contributed by atoms with Crippen molar-refractivity contribution in [2.24, 2.45) is 0 Å². The third-order valence-corrected chi connectivity index (χ3v) is 5.73. The van der Waals surface area contributed by atoms with Crippen molar-refractivity contribution in [3.05, 3.63) is 58.4 Å². The van der Waals surface area contributed by atoms with E-state index in [4.69, 9.17) is 11.6 Å². The molecular formula is C18H21ClN2. The summed E-state index contributed by atoms with van der Waals surface area (Å²) in [5.41, 5.74) is 4.52. The highest BCUT2D eigenvalue weighted by Gasteiger charge is 2.42. The predicted octanol–water partition coefficient (Wildman–Crippen LogP) is 4.06. The molecular weight excluding hydrogens is 280 g/mol. The fraction of sp³-hybridized carbons (Fsp3) is 0.444. The summed E-state index contributed by atoms with van der Waals surface area (Å²) in [6.07, 6.45) is 6.02. The van der Waals surface area contributed by atoms with Crippen molar-refractivity contribution in [2.75, 3.05) is 13.1 Å². The van der Waals surface area contributed by atoms with Gasteiger partial charge in [-0.2, -0.15) is 0 Å². The van der Waals surface area contributed by atoms with Crippen LogP contribution < -0.4 is 0 Å². The molecule has 3 heteroatoms. The van der Waals surface area contributed by atoms with Gasteiger partial charge in [0.25, 0.3) is 0 Å². The molecule has 0 radical (unpaired) electrons. The maximum Gasteiger partial charge on any atom is 0.0487 e. The lowest BCUT2D eigenvalue weighted by Gasteiger charge is -2.40. The molecule has 1 aromatic carbocycles. The molecule has 0 amide bonds. The zero-order valence-electron chi connectivity index (χ0n) is 12.5. The molecule has 110 valence electrons. The SMILES string of the molecule is CC12CCCN1CCc1c2ccn1Cc1ccccc1Cl. The number of aromatic nitrogens is 1. The first-order chi connectivity index (χ1) is 10.2. The summed E-state index contributed by atoms with van der Waals surface area (Å²) >= 11 is 6.32. The Bertz CT molecular complexity index is 676. The Morgan fingerprint density at radius 1 is 1.19 bits per heavy atom. The molecule has 1 unspecified atom stereocenters. The van der Waals surface area contributed by atoms with Gasteiger partial charge in [0.2, 0.25) is 0 Å². The summed E-state index contributed by atoms with van der Waals surface area (Å²) < 4.78 is 2.40. The van der Waals surface area contributed by atoms with Crippen LogP contribution in [-0.4, -0.2) is 22.6 Å². The van der Waals surface area contributed by atoms with Gasteiger partial charge in [-0.3, -0.25) is 4.90 Å². The lowest BCUT2D eigenvalue weighted by Crippen LogP contribution is -2.44. The number of hydrogen-bond donors (Lipinski definition) is 0. The molecule has 0 N–H and O–H groups in total. The molecule has 0 saturated carbocycles. The molecule has 2 aliphatic rings. The van der Waals surface area contributed by atoms with E-state index in [1.165, 1.54) is 37.2 Å². The zero-order valence-corrected chi connectivity index (χ0v) is 13.2. The van der Waals surface area contributed by atoms with Gasteiger partial charge in [0, 0.05) is 42.0 Å². The molecule has 1 atom stereocenters. The van der Waals surface area contributed by atoms with Gasteiger partial charge in [-0.15, -0.1) is 0 Å². The first-order valence-corrected chi connectivity index (χ1v) is 8.23. The molecule has 1 fully saturated rings. The van der Waals surface area contributed by atoms with Gasteiger partial charge in [-0.05, 0) is 49.6 Å². The molecule has 0 bridgehead atoms. The number of nitrogens with zero attached hydrogens (tertiary/aromatic N) is 2. The molecule has 2 nitrogen and oxygen atoms in total. The third-order valence-electron chi connectivity index (χ3n) is 5.37. The Morgan fingerprint density at radius 3 is 2.90 bits per heavy atom. The average molecular weight is 301 g/mol. The molecule has 1 aromatic heterocycles. The zero-order chi connectivity index (χ0) is 14.4. The van der Waals surface area contributed by atoms with Gasteiger partial charge in [-0.1, -0.05) is 29.8 Å². The number of hydrogen-bond acceptors (Lipinski definition) is 1. The minimum Gasteiger partial charge on any atom is -0.347 e. The maximum absolute atomic E-state index is 6.32. The van der Waals surface area contributed by atoms with E-state index in [9.17, 15) is 0 Å². The molecule has 1 saturated heterocycles. The summed E-state index contributed by atoms with van der Waals surface area (Å²) in [6.45, 7) is 5.74. The molecule has 3 heterocycles. The topological polar surface area (TPSA) is 8.17 Å². The van der Waals surface area contributed by atoms with Crippen molar-refractivity contribution >= 4 is 11.6 Å². The first kappa shape index (κ1) is 13.4. The molecule has 2 aliphatic heterocycles. The second-order valence-corrected chi connectivity index (χ2v) is 6.92. The van der Waals surface area contributed by atoms with Crippen molar-refractivity contribution in [3.8, 4) is 0 Å². The summed E-state index contributed by atoms with van der Waals surface area (Å²) in [4.78, 5) is 2.66. The Labute approximate surface area is 131 Å². The predicted molar refractivity (Wildman–Crippen MR) is 86.8 cm³/mol. The lowest BCUT2D eigenvalue weighted by molar-refractivity contribution is 0.141. The minimum absolute atomic E-state index is 0.263. The highest BCUT2D eigenvalue weighted by Crippen LogP contribution is 2.43. The second-order valence-electron chi connectivity index (χ2n) is 6.51. The van der Waals surface area contributed by atoms with Crippen molar-refractivity contribution in [1.29, 1.82) is 0 Å². The minimum atomic E-state index is 0.263. The van der Waals surface area contributed by atoms with Gasteiger partial charge in [0.05, 0.1) is 0 Å². The highest BCUT2D eigenvalue weighted by molar-refractivity contribution is 6.31. The number of rotatable bonds is 2. The third kappa shape index (κ3) is 2.04. The Balaban J connectivity index is 1.71. The molecule has 21 heavy (non-hydrogen) atoms. The van der Waals surface area contributed by atoms with E-state index < -0.39 is 0 Å². The van der Waals surface area contributed by atoms with E-state index in [-0.39, 0.29) is 5.54 Å². The summed E-state index contributed by atoms with van der Waals surface area (Å²) in [6, 6.07) is 10.5. The number of halogens is 1. The van der Waals surface area contributed by atoms with Gasteiger partial charge in [-0.25, -0.2) is 0 Å². The first-order valence-electron chi connectivity index (χ1n) is 7.85. The summed E-state index contributed by atoms with van der Waals surface area (Å²) in [7, 11) is 0. The Morgan fingerprint density at radius 2 is 2.05 bits per heavy atom. The average Bonchev–Trinajstić information content (AvgIpc) is 3.05. The number of fused-ring (bicyclic) bond motifs is 3. The Kier molecular flexibility index (Phi) is 3.13. The molecule has 0 spiro atoms. The normalized spacial score (nSPS) is 24.9. The van der Waals surface area contributed by atoms with Gasteiger partial charge in [0.1, 0.15) is 0 Å². The quantitative estimate of drug-likeness (QED) is 0.812. The molecule has 2 aromatic rings. The number of benzene rings is 1. The fourth-order valence-electron chi connectivity index (χ4n) is 4.16. The van der Waals surface area contributed by atoms with Crippen LogP contribution in [0.3, 0.4) is 0 Å². The van der Waals surface area contributed by atoms with E-state index >= 15 is 0 Å². The van der Waals surface area contributed by atoms with Crippen LogP contribution in [0.4, 0.5) is 0 Å². The largest absolute Gasteiger partial charge is 0.347 e. The fourth-order valence-corrected chi connectivity index (χ4v) is 4.35. The van der Waals surface area contributed by atoms with Crippen LogP contribution >= 0.6 is 11.6 Å². The monoisotopic (exact) mass is 300 g/mol. The lowest BCUT2D eigenvalue weighted by atomic mass is 9.85. The van der Waals surface area contributed by atoms with Crippen LogP contribution in [0.2, 0.25) is 5.02 Å². The van der Waals surface area contributed by atoms with Crippen molar-refractivity contribution in [3.63, 3.8) is 0 Å². The van der Waals surface area contributed by atoms with Crippen molar-refractivity contribution in [2.45, 2.75) is 38.3 Å². The van der Waals surface area contributed by atoms with Crippen LogP contribution in [0.5, 0.6) is 0 Å². The molecule has 4 rings (SSSR count). The van der Waals surface area contributed by atoms with Gasteiger partial charge >= 0.3 is 0 Å². The molecule has 0 aliphatic carbocycles. The van der Waals surface area contributed by atoms with Gasteiger partial charge in [0.15, 0.2) is 0 Å². The van der Waals surface area contributed by atoms with Crippen molar-refractivity contribution in [1.82, 2.24) is 9.47 Å². The van der Waals surface area contributed by atoms with E-state index in [0.29, 0.717) is 0 Å². The van der Waals surface area contributed by atoms with Crippen LogP contribution in [0.15, 0.2) is 36.5 Å². The summed E-state index contributed by atoms with van der Waals surface area (Å²) in [5, 5.41) is 0.865. The van der Waals surface area contributed by atoms with Crippen LogP contribution in [0.25, 0.3) is 0 Å². The van der Waals surface area contributed by atoms with Crippen LogP contribution in [-0.2, 0) is 18.5 Å².